The standard InChI is InChI=1S/C38H27BrN2SSi/c39-30-12-10-18-34(25-30)43(31-13-3-1-4-14-31,32-15-5-2-6-16-32)33-17-9-11-27(23-33)28-21-22-29-26-42-38-40-35-19-7-8-20-36(35)41(38)37(29)24-28/h1-25H,26H2. The Morgan fingerprint density at radius 2 is 1.21 bits per heavy atom. The van der Waals surface area contributed by atoms with Crippen molar-refractivity contribution in [3.05, 3.63) is 162 Å². The molecule has 0 aliphatic carbocycles. The monoisotopic (exact) mass is 650 g/mol. The summed E-state index contributed by atoms with van der Waals surface area (Å²) in [6.07, 6.45) is 0. The second-order valence-corrected chi connectivity index (χ2v) is 16.6. The van der Waals surface area contributed by atoms with Gasteiger partial charge >= 0.3 is 0 Å². The van der Waals surface area contributed by atoms with Gasteiger partial charge in [-0.05, 0) is 67.8 Å². The van der Waals surface area contributed by atoms with Crippen molar-refractivity contribution >= 4 is 67.5 Å². The molecule has 0 atom stereocenters. The molecule has 0 amide bonds. The predicted octanol–water partition coefficient (Wildman–Crippen LogP) is 7.44. The number of thioether (sulfide) groups is 1. The van der Waals surface area contributed by atoms with Gasteiger partial charge < -0.3 is 0 Å². The first-order chi connectivity index (χ1) is 21.2. The number of hydrogen-bond acceptors (Lipinski definition) is 2. The second-order valence-electron chi connectivity index (χ2n) is 10.9. The van der Waals surface area contributed by atoms with Gasteiger partial charge in [-0.3, -0.25) is 4.57 Å². The largest absolute Gasteiger partial charge is 0.287 e. The summed E-state index contributed by atoms with van der Waals surface area (Å²) < 4.78 is 3.43. The lowest BCUT2D eigenvalue weighted by Gasteiger charge is -2.35. The van der Waals surface area contributed by atoms with E-state index in [1.807, 2.05) is 11.8 Å². The fraction of sp³-hybridized carbons (Fsp3) is 0.0263. The van der Waals surface area contributed by atoms with Crippen molar-refractivity contribution in [1.29, 1.82) is 0 Å². The topological polar surface area (TPSA) is 17.8 Å². The summed E-state index contributed by atoms with van der Waals surface area (Å²) in [5, 5.41) is 6.52. The van der Waals surface area contributed by atoms with E-state index in [1.54, 1.807) is 0 Å². The molecule has 0 N–H and O–H groups in total. The van der Waals surface area contributed by atoms with Gasteiger partial charge in [0.25, 0.3) is 0 Å². The van der Waals surface area contributed by atoms with Crippen molar-refractivity contribution in [1.82, 2.24) is 9.55 Å². The highest BCUT2D eigenvalue weighted by Gasteiger charge is 2.41. The molecule has 6 aromatic carbocycles. The molecule has 2 nitrogen and oxygen atoms in total. The molecule has 0 radical (unpaired) electrons. The number of para-hydroxylation sites is 2. The number of hydrogen-bond donors (Lipinski definition) is 0. The molecule has 0 saturated carbocycles. The first kappa shape index (κ1) is 26.5. The fourth-order valence-corrected chi connectivity index (χ4v) is 13.0. The molecule has 1 aromatic heterocycles. The molecule has 43 heavy (non-hydrogen) atoms. The predicted molar refractivity (Wildman–Crippen MR) is 187 cm³/mol. The molecule has 0 bridgehead atoms. The summed E-state index contributed by atoms with van der Waals surface area (Å²) >= 11 is 5.61. The average molecular weight is 652 g/mol. The first-order valence-electron chi connectivity index (χ1n) is 14.4. The van der Waals surface area contributed by atoms with Crippen LogP contribution in [0.4, 0.5) is 0 Å². The van der Waals surface area contributed by atoms with E-state index in [0.717, 1.165) is 26.4 Å². The van der Waals surface area contributed by atoms with Crippen molar-refractivity contribution < 1.29 is 0 Å². The summed E-state index contributed by atoms with van der Waals surface area (Å²) in [6, 6.07) is 55.8. The van der Waals surface area contributed by atoms with Crippen molar-refractivity contribution in [3.63, 3.8) is 0 Å². The number of rotatable bonds is 5. The Balaban J connectivity index is 1.36. The van der Waals surface area contributed by atoms with Gasteiger partial charge in [0.05, 0.1) is 16.7 Å². The van der Waals surface area contributed by atoms with Crippen molar-refractivity contribution in [2.45, 2.75) is 10.9 Å². The molecular weight excluding hydrogens is 624 g/mol. The van der Waals surface area contributed by atoms with Gasteiger partial charge in [-0.2, -0.15) is 0 Å². The molecule has 7 aromatic rings. The van der Waals surface area contributed by atoms with E-state index in [0.29, 0.717) is 0 Å². The second kappa shape index (κ2) is 10.8. The molecular formula is C38H27BrN2SSi. The third-order valence-electron chi connectivity index (χ3n) is 8.51. The van der Waals surface area contributed by atoms with Gasteiger partial charge in [0, 0.05) is 10.2 Å². The highest BCUT2D eigenvalue weighted by molar-refractivity contribution is 9.10. The maximum Gasteiger partial charge on any atom is 0.179 e. The maximum atomic E-state index is 4.94. The number of benzene rings is 6. The minimum Gasteiger partial charge on any atom is -0.287 e. The quantitative estimate of drug-likeness (QED) is 0.142. The third kappa shape index (κ3) is 4.42. The minimum absolute atomic E-state index is 0.930. The fourth-order valence-electron chi connectivity index (χ4n) is 6.58. The van der Waals surface area contributed by atoms with E-state index >= 15 is 0 Å². The molecule has 8 rings (SSSR count). The van der Waals surface area contributed by atoms with Crippen LogP contribution >= 0.6 is 27.7 Å². The van der Waals surface area contributed by atoms with Gasteiger partial charge in [-0.25, -0.2) is 4.98 Å². The van der Waals surface area contributed by atoms with Crippen LogP contribution in [-0.2, 0) is 5.75 Å². The number of imidazole rings is 1. The highest BCUT2D eigenvalue weighted by Crippen LogP contribution is 2.38. The van der Waals surface area contributed by atoms with Gasteiger partial charge in [0.1, 0.15) is 0 Å². The van der Waals surface area contributed by atoms with Crippen LogP contribution in [0.25, 0.3) is 27.8 Å². The smallest absolute Gasteiger partial charge is 0.179 e. The zero-order chi connectivity index (χ0) is 28.8. The van der Waals surface area contributed by atoms with Crippen LogP contribution < -0.4 is 20.7 Å². The van der Waals surface area contributed by atoms with Gasteiger partial charge in [0.15, 0.2) is 13.2 Å². The van der Waals surface area contributed by atoms with Gasteiger partial charge in [-0.15, -0.1) is 0 Å². The Bertz CT molecular complexity index is 2070. The molecule has 1 aliphatic rings. The van der Waals surface area contributed by atoms with Gasteiger partial charge in [-0.1, -0.05) is 149 Å². The van der Waals surface area contributed by atoms with E-state index in [2.05, 4.69) is 172 Å². The van der Waals surface area contributed by atoms with E-state index in [1.165, 1.54) is 43.1 Å². The van der Waals surface area contributed by atoms with E-state index in [4.69, 9.17) is 4.98 Å². The first-order valence-corrected chi connectivity index (χ1v) is 18.2. The SMILES string of the molecule is Brc1cccc([Si](c2ccccc2)(c2ccccc2)c2cccc(-c3ccc4c(c3)-n3c(nc5ccccc53)SC4)c2)c1. The zero-order valence-corrected chi connectivity index (χ0v) is 26.7. The van der Waals surface area contributed by atoms with Crippen LogP contribution in [0.3, 0.4) is 0 Å². The summed E-state index contributed by atoms with van der Waals surface area (Å²) in [4.78, 5) is 4.94. The summed E-state index contributed by atoms with van der Waals surface area (Å²) in [6.45, 7) is 0. The molecule has 0 saturated heterocycles. The van der Waals surface area contributed by atoms with Crippen molar-refractivity contribution in [2.24, 2.45) is 0 Å². The summed E-state index contributed by atoms with van der Waals surface area (Å²) in [7, 11) is -2.66. The maximum absolute atomic E-state index is 4.94. The Hall–Kier alpha value is -4.16. The van der Waals surface area contributed by atoms with Crippen molar-refractivity contribution in [2.75, 3.05) is 0 Å². The lowest BCUT2D eigenvalue weighted by molar-refractivity contribution is 0.895. The Morgan fingerprint density at radius 1 is 0.581 bits per heavy atom. The van der Waals surface area contributed by atoms with Crippen molar-refractivity contribution in [3.8, 4) is 16.8 Å². The van der Waals surface area contributed by atoms with E-state index in [9.17, 15) is 0 Å². The minimum atomic E-state index is -2.66. The molecule has 2 heterocycles. The number of aromatic nitrogens is 2. The van der Waals surface area contributed by atoms with Crippen LogP contribution in [0.1, 0.15) is 5.56 Å². The number of halogens is 1. The molecule has 1 aliphatic heterocycles. The van der Waals surface area contributed by atoms with Crippen LogP contribution in [0.15, 0.2) is 161 Å². The van der Waals surface area contributed by atoms with Crippen LogP contribution in [0.2, 0.25) is 0 Å². The molecule has 0 unspecified atom stereocenters. The Labute approximate surface area is 265 Å². The van der Waals surface area contributed by atoms with Gasteiger partial charge in [0.2, 0.25) is 0 Å². The Morgan fingerprint density at radius 3 is 1.95 bits per heavy atom. The third-order valence-corrected chi connectivity index (χ3v) is 14.7. The average Bonchev–Trinajstić information content (AvgIpc) is 3.46. The normalized spacial score (nSPS) is 12.6. The molecule has 0 spiro atoms. The number of fused-ring (bicyclic) bond motifs is 5. The van der Waals surface area contributed by atoms with E-state index in [-0.39, 0.29) is 0 Å². The number of nitrogens with zero attached hydrogens (tertiary/aromatic N) is 2. The molecule has 5 heteroatoms. The summed E-state index contributed by atoms with van der Waals surface area (Å²) in [5.41, 5.74) is 7.21. The lowest BCUT2D eigenvalue weighted by atomic mass is 10.0. The highest BCUT2D eigenvalue weighted by atomic mass is 79.9. The zero-order valence-electron chi connectivity index (χ0n) is 23.3. The van der Waals surface area contributed by atoms with E-state index < -0.39 is 8.07 Å². The summed E-state index contributed by atoms with van der Waals surface area (Å²) in [5.74, 6) is 0.930. The van der Waals surface area contributed by atoms with Crippen LogP contribution in [-0.4, -0.2) is 17.6 Å². The molecule has 0 fully saturated rings. The molecule has 206 valence electrons. The Kier molecular flexibility index (Phi) is 6.67. The lowest BCUT2D eigenvalue weighted by Crippen LogP contribution is -2.74. The van der Waals surface area contributed by atoms with Crippen LogP contribution in [0.5, 0.6) is 0 Å². The van der Waals surface area contributed by atoms with Crippen LogP contribution in [0, 0.1) is 0 Å².